The van der Waals surface area contributed by atoms with Gasteiger partial charge in [-0.25, -0.2) is 9.78 Å². The Kier molecular flexibility index (Phi) is 4.61. The second-order valence-corrected chi connectivity index (χ2v) is 6.73. The van der Waals surface area contributed by atoms with E-state index in [-0.39, 0.29) is 23.2 Å². The number of likely N-dealkylation sites (tertiary alicyclic amines) is 1. The third kappa shape index (κ3) is 3.43. The van der Waals surface area contributed by atoms with Crippen molar-refractivity contribution < 1.29 is 19.1 Å². The van der Waals surface area contributed by atoms with Crippen LogP contribution in [0.15, 0.2) is 28.7 Å². The maximum absolute atomic E-state index is 13.0. The number of hydrogen-bond acceptors (Lipinski definition) is 4. The average Bonchev–Trinajstić information content (AvgIpc) is 3.00. The number of carbonyl (C=O) groups is 2. The highest BCUT2D eigenvalue weighted by Gasteiger charge is 2.34. The van der Waals surface area contributed by atoms with Crippen molar-refractivity contribution in [3.8, 4) is 0 Å². The Labute approximate surface area is 146 Å². The van der Waals surface area contributed by atoms with Crippen LogP contribution < -0.4 is 0 Å². The molecule has 2 aromatic rings. The summed E-state index contributed by atoms with van der Waals surface area (Å²) in [5, 5.41) is 9.12. The van der Waals surface area contributed by atoms with Crippen LogP contribution in [0, 0.1) is 19.8 Å². The average molecular weight is 342 g/mol. The van der Waals surface area contributed by atoms with Gasteiger partial charge in [0, 0.05) is 6.54 Å². The van der Waals surface area contributed by atoms with Crippen LogP contribution in [-0.2, 0) is 0 Å². The van der Waals surface area contributed by atoms with Crippen molar-refractivity contribution in [1.82, 2.24) is 9.88 Å². The molecule has 2 atom stereocenters. The summed E-state index contributed by atoms with van der Waals surface area (Å²) in [6.07, 6.45) is 1.76. The van der Waals surface area contributed by atoms with E-state index in [0.717, 1.165) is 24.4 Å². The molecule has 0 spiro atoms. The highest BCUT2D eigenvalue weighted by Crippen LogP contribution is 2.35. The molecular weight excluding hydrogens is 320 g/mol. The van der Waals surface area contributed by atoms with Gasteiger partial charge in [-0.3, -0.25) is 4.79 Å². The number of carboxylic acids is 1. The van der Waals surface area contributed by atoms with E-state index < -0.39 is 5.97 Å². The molecule has 132 valence electrons. The van der Waals surface area contributed by atoms with Crippen molar-refractivity contribution in [3.63, 3.8) is 0 Å². The lowest BCUT2D eigenvalue weighted by Gasteiger charge is -2.37. The standard InChI is InChI=1S/C19H22N2O4/c1-11-8-9-21(16(10-11)17-7-4-12(2)25-17)18(22)15-6-5-14(19(23)24)13(3)20-15/h4-7,11,16H,8-10H2,1-3H3,(H,23,24). The van der Waals surface area contributed by atoms with Crippen molar-refractivity contribution in [1.29, 1.82) is 0 Å². The summed E-state index contributed by atoms with van der Waals surface area (Å²) in [5.41, 5.74) is 0.724. The predicted octanol–water partition coefficient (Wildman–Crippen LogP) is 3.60. The fourth-order valence-electron chi connectivity index (χ4n) is 3.34. The Morgan fingerprint density at radius 3 is 2.60 bits per heavy atom. The summed E-state index contributed by atoms with van der Waals surface area (Å²) in [4.78, 5) is 30.1. The van der Waals surface area contributed by atoms with Crippen LogP contribution >= 0.6 is 0 Å². The SMILES string of the molecule is Cc1ccc(C2CC(C)CCN2C(=O)c2ccc(C(=O)O)c(C)n2)o1. The molecule has 3 heterocycles. The minimum atomic E-state index is -1.04. The van der Waals surface area contributed by atoms with Crippen LogP contribution in [0.4, 0.5) is 0 Å². The Morgan fingerprint density at radius 1 is 1.24 bits per heavy atom. The number of aromatic nitrogens is 1. The van der Waals surface area contributed by atoms with Gasteiger partial charge in [-0.15, -0.1) is 0 Å². The zero-order valence-electron chi connectivity index (χ0n) is 14.7. The van der Waals surface area contributed by atoms with E-state index in [2.05, 4.69) is 11.9 Å². The molecule has 6 heteroatoms. The van der Waals surface area contributed by atoms with Crippen molar-refractivity contribution >= 4 is 11.9 Å². The number of piperidine rings is 1. The monoisotopic (exact) mass is 342 g/mol. The number of pyridine rings is 1. The lowest BCUT2D eigenvalue weighted by Crippen LogP contribution is -2.41. The number of hydrogen-bond donors (Lipinski definition) is 1. The van der Waals surface area contributed by atoms with E-state index in [1.807, 2.05) is 19.1 Å². The summed E-state index contributed by atoms with van der Waals surface area (Å²) in [5.74, 6) is 0.881. The number of aryl methyl sites for hydroxylation is 2. The number of nitrogens with zero attached hydrogens (tertiary/aromatic N) is 2. The zero-order valence-corrected chi connectivity index (χ0v) is 14.7. The molecule has 25 heavy (non-hydrogen) atoms. The van der Waals surface area contributed by atoms with Crippen LogP contribution in [0.1, 0.15) is 63.9 Å². The van der Waals surface area contributed by atoms with Crippen LogP contribution in [0.25, 0.3) is 0 Å². The van der Waals surface area contributed by atoms with Gasteiger partial charge in [0.2, 0.25) is 0 Å². The highest BCUT2D eigenvalue weighted by atomic mass is 16.4. The lowest BCUT2D eigenvalue weighted by molar-refractivity contribution is 0.0512. The molecule has 2 unspecified atom stereocenters. The largest absolute Gasteiger partial charge is 0.478 e. The third-order valence-corrected chi connectivity index (χ3v) is 4.75. The van der Waals surface area contributed by atoms with Gasteiger partial charge in [0.25, 0.3) is 5.91 Å². The fraction of sp³-hybridized carbons (Fsp3) is 0.421. The first-order chi connectivity index (χ1) is 11.9. The van der Waals surface area contributed by atoms with Crippen LogP contribution in [0.5, 0.6) is 0 Å². The first-order valence-electron chi connectivity index (χ1n) is 8.45. The molecule has 0 radical (unpaired) electrons. The summed E-state index contributed by atoms with van der Waals surface area (Å²) in [7, 11) is 0. The summed E-state index contributed by atoms with van der Waals surface area (Å²) >= 11 is 0. The normalized spacial score (nSPS) is 20.5. The third-order valence-electron chi connectivity index (χ3n) is 4.75. The van der Waals surface area contributed by atoms with E-state index in [4.69, 9.17) is 9.52 Å². The first-order valence-corrected chi connectivity index (χ1v) is 8.45. The molecule has 1 aliphatic rings. The number of furan rings is 1. The molecule has 1 saturated heterocycles. The van der Waals surface area contributed by atoms with Crippen molar-refractivity contribution in [2.24, 2.45) is 5.92 Å². The highest BCUT2D eigenvalue weighted by molar-refractivity contribution is 5.94. The topological polar surface area (TPSA) is 83.6 Å². The zero-order chi connectivity index (χ0) is 18.1. The van der Waals surface area contributed by atoms with Crippen molar-refractivity contribution in [2.45, 2.75) is 39.7 Å². The molecule has 0 bridgehead atoms. The van der Waals surface area contributed by atoms with Gasteiger partial charge < -0.3 is 14.4 Å². The van der Waals surface area contributed by atoms with Gasteiger partial charge in [0.1, 0.15) is 17.2 Å². The maximum Gasteiger partial charge on any atom is 0.337 e. The fourth-order valence-corrected chi connectivity index (χ4v) is 3.34. The Bertz CT molecular complexity index is 812. The number of aromatic carboxylic acids is 1. The number of rotatable bonds is 3. The number of carbonyl (C=O) groups excluding carboxylic acids is 1. The van der Waals surface area contributed by atoms with E-state index >= 15 is 0 Å². The van der Waals surface area contributed by atoms with Gasteiger partial charge in [-0.1, -0.05) is 6.92 Å². The van der Waals surface area contributed by atoms with Gasteiger partial charge >= 0.3 is 5.97 Å². The van der Waals surface area contributed by atoms with Crippen LogP contribution in [0.3, 0.4) is 0 Å². The molecule has 1 fully saturated rings. The minimum absolute atomic E-state index is 0.113. The quantitative estimate of drug-likeness (QED) is 0.921. The second-order valence-electron chi connectivity index (χ2n) is 6.73. The predicted molar refractivity (Wildman–Crippen MR) is 91.6 cm³/mol. The molecule has 0 aromatic carbocycles. The van der Waals surface area contributed by atoms with Gasteiger partial charge in [-0.05, 0) is 56.9 Å². The summed E-state index contributed by atoms with van der Waals surface area (Å²) < 4.78 is 5.77. The molecule has 0 saturated carbocycles. The molecule has 1 amide bonds. The van der Waals surface area contributed by atoms with E-state index in [9.17, 15) is 9.59 Å². The molecular formula is C19H22N2O4. The summed E-state index contributed by atoms with van der Waals surface area (Å²) in [6, 6.07) is 6.63. The van der Waals surface area contributed by atoms with Crippen LogP contribution in [-0.4, -0.2) is 33.4 Å². The van der Waals surface area contributed by atoms with E-state index in [1.165, 1.54) is 12.1 Å². The summed E-state index contributed by atoms with van der Waals surface area (Å²) in [6.45, 7) is 6.30. The first kappa shape index (κ1) is 17.2. The van der Waals surface area contributed by atoms with Gasteiger partial charge in [-0.2, -0.15) is 0 Å². The van der Waals surface area contributed by atoms with Crippen molar-refractivity contribution in [2.75, 3.05) is 6.54 Å². The molecule has 1 aliphatic heterocycles. The van der Waals surface area contributed by atoms with Gasteiger partial charge in [0.05, 0.1) is 17.3 Å². The Hall–Kier alpha value is -2.63. The number of carboxylic acid groups (broad SMARTS) is 1. The molecule has 1 N–H and O–H groups in total. The second kappa shape index (κ2) is 6.70. The molecule has 6 nitrogen and oxygen atoms in total. The lowest BCUT2D eigenvalue weighted by atomic mass is 9.90. The number of amides is 1. The maximum atomic E-state index is 13.0. The Balaban J connectivity index is 1.91. The van der Waals surface area contributed by atoms with E-state index in [0.29, 0.717) is 18.2 Å². The van der Waals surface area contributed by atoms with E-state index in [1.54, 1.807) is 11.8 Å². The minimum Gasteiger partial charge on any atom is -0.478 e. The Morgan fingerprint density at radius 2 is 2.00 bits per heavy atom. The van der Waals surface area contributed by atoms with Crippen molar-refractivity contribution in [3.05, 3.63) is 52.7 Å². The smallest absolute Gasteiger partial charge is 0.337 e. The molecule has 2 aromatic heterocycles. The molecule has 3 rings (SSSR count). The van der Waals surface area contributed by atoms with Gasteiger partial charge in [0.15, 0.2) is 0 Å². The molecule has 0 aliphatic carbocycles. The van der Waals surface area contributed by atoms with Crippen LogP contribution in [0.2, 0.25) is 0 Å².